The Bertz CT molecular complexity index is 5880. The molecule has 25 heteroatoms. The number of nitriles is 5. The molecule has 4 fully saturated rings. The zero-order valence-corrected chi connectivity index (χ0v) is 72.2. The quantitative estimate of drug-likeness (QED) is 0.0505. The summed E-state index contributed by atoms with van der Waals surface area (Å²) in [7, 11) is 1.88. The molecule has 11 aromatic carbocycles. The summed E-state index contributed by atoms with van der Waals surface area (Å²) < 4.78 is 66.3. The van der Waals surface area contributed by atoms with E-state index in [4.69, 9.17) is 61.1 Å². The van der Waals surface area contributed by atoms with Crippen LogP contribution in [0.4, 0.5) is 34.6 Å². The third kappa shape index (κ3) is 23.9. The number of likely N-dealkylation sites (N-methyl/N-ethyl adjacent to an activating group) is 1. The lowest BCUT2D eigenvalue weighted by atomic mass is 9.78. The number of anilines is 3. The first kappa shape index (κ1) is 91.6. The molecule has 0 unspecified atom stereocenters. The molecule has 640 valence electrons. The van der Waals surface area contributed by atoms with Gasteiger partial charge in [-0.3, -0.25) is 29.1 Å². The van der Waals surface area contributed by atoms with Crippen molar-refractivity contribution in [2.45, 2.75) is 106 Å². The van der Waals surface area contributed by atoms with Crippen molar-refractivity contribution >= 4 is 81.2 Å². The zero-order chi connectivity index (χ0) is 89.0. The number of carbonyl (C=O) groups is 3. The van der Waals surface area contributed by atoms with Crippen molar-refractivity contribution in [3.05, 3.63) is 336 Å². The van der Waals surface area contributed by atoms with Crippen LogP contribution in [-0.2, 0) is 59.9 Å². The van der Waals surface area contributed by atoms with Gasteiger partial charge in [-0.15, -0.1) is 0 Å². The lowest BCUT2D eigenvalue weighted by Gasteiger charge is -2.49. The van der Waals surface area contributed by atoms with Crippen LogP contribution in [0.3, 0.4) is 0 Å². The molecule has 3 aliphatic heterocycles. The van der Waals surface area contributed by atoms with E-state index in [1.165, 1.54) is 25.7 Å². The highest BCUT2D eigenvalue weighted by Crippen LogP contribution is 2.44. The minimum absolute atomic E-state index is 0.0475. The predicted octanol–water partition coefficient (Wildman–Crippen LogP) is 22.3. The molecular weight excluding hydrogens is 1680 g/mol. The second kappa shape index (κ2) is 42.3. The molecule has 0 aromatic heterocycles. The molecule has 0 spiro atoms. The summed E-state index contributed by atoms with van der Waals surface area (Å²) in [5, 5.41) is 56.2. The number of amides is 3. The fraction of sp³-hybridized carbons (Fsp3) is 0.267. The van der Waals surface area contributed by atoms with Crippen LogP contribution in [-0.4, -0.2) is 109 Å². The third-order valence-electron chi connectivity index (χ3n) is 23.9. The number of piperidine rings is 3. The van der Waals surface area contributed by atoms with E-state index in [9.17, 15) is 53.0 Å². The molecule has 11 aromatic rings. The van der Waals surface area contributed by atoms with Crippen LogP contribution in [0.5, 0.6) is 0 Å². The van der Waals surface area contributed by atoms with Gasteiger partial charge in [0.1, 0.15) is 19.0 Å². The van der Waals surface area contributed by atoms with Gasteiger partial charge in [-0.2, -0.15) is 39.5 Å². The highest BCUT2D eigenvalue weighted by Gasteiger charge is 2.44. The van der Waals surface area contributed by atoms with E-state index in [1.54, 1.807) is 60.7 Å². The maximum Gasteiger partial charge on any atom is 0.419 e. The van der Waals surface area contributed by atoms with Crippen LogP contribution < -0.4 is 16.0 Å². The Hall–Kier alpha value is -12.1. The molecule has 1 saturated carbocycles. The second-order valence-electron chi connectivity index (χ2n) is 32.1. The summed E-state index contributed by atoms with van der Waals surface area (Å²) in [6.45, 7) is 6.02. The molecule has 4 aliphatic rings. The van der Waals surface area contributed by atoms with Gasteiger partial charge in [0.05, 0.1) is 81.5 Å². The number of ether oxygens (including phenoxy) is 2. The molecule has 0 atom stereocenters. The van der Waals surface area contributed by atoms with Gasteiger partial charge in [-0.1, -0.05) is 193 Å². The smallest absolute Gasteiger partial charge is 0.360 e. The summed E-state index contributed by atoms with van der Waals surface area (Å²) in [6, 6.07) is 86.1. The molecule has 3 amide bonds. The van der Waals surface area contributed by atoms with Crippen LogP contribution in [0.25, 0.3) is 33.4 Å². The Balaban J connectivity index is 0.000000162. The van der Waals surface area contributed by atoms with Crippen molar-refractivity contribution in [2.75, 3.05) is 82.0 Å². The van der Waals surface area contributed by atoms with Crippen molar-refractivity contribution in [3.63, 3.8) is 0 Å². The highest BCUT2D eigenvalue weighted by molar-refractivity contribution is 6.35. The minimum Gasteiger partial charge on any atom is -0.360 e. The molecular formula is C101H90Cl4F4N12O5. The van der Waals surface area contributed by atoms with Crippen LogP contribution in [0.1, 0.15) is 125 Å². The Morgan fingerprint density at radius 3 is 1.22 bits per heavy atom. The van der Waals surface area contributed by atoms with Gasteiger partial charge in [0.25, 0.3) is 0 Å². The average molecular weight is 1770 g/mol. The van der Waals surface area contributed by atoms with E-state index < -0.39 is 40.2 Å². The molecule has 3 N–H and O–H groups in total. The Morgan fingerprint density at radius 1 is 0.421 bits per heavy atom. The van der Waals surface area contributed by atoms with Gasteiger partial charge in [0.2, 0.25) is 17.7 Å². The first-order chi connectivity index (χ1) is 60.8. The fourth-order valence-corrected chi connectivity index (χ4v) is 18.2. The fourth-order valence-electron chi connectivity index (χ4n) is 17.2. The summed E-state index contributed by atoms with van der Waals surface area (Å²) >= 11 is 24.4. The van der Waals surface area contributed by atoms with Crippen LogP contribution >= 0.6 is 46.4 Å². The second-order valence-corrected chi connectivity index (χ2v) is 33.8. The van der Waals surface area contributed by atoms with Crippen molar-refractivity contribution in [3.8, 4) is 63.7 Å². The van der Waals surface area contributed by atoms with E-state index in [0.29, 0.717) is 97.1 Å². The molecule has 3 heterocycles. The van der Waals surface area contributed by atoms with E-state index in [0.717, 1.165) is 139 Å². The lowest BCUT2D eigenvalue weighted by molar-refractivity contribution is -0.140. The van der Waals surface area contributed by atoms with Crippen molar-refractivity contribution in [2.24, 2.45) is 0 Å². The van der Waals surface area contributed by atoms with Gasteiger partial charge in [-0.05, 0) is 235 Å². The zero-order valence-electron chi connectivity index (χ0n) is 69.2. The number of nitrogens with zero attached hydrogens (tertiary/aromatic N) is 9. The number of hydrogen-bond acceptors (Lipinski definition) is 14. The predicted molar refractivity (Wildman–Crippen MR) is 484 cm³/mol. The third-order valence-corrected chi connectivity index (χ3v) is 24.8. The summed E-state index contributed by atoms with van der Waals surface area (Å²) in [5.74, 6) is -2.45. The SMILES string of the molecule is CN(CC(=O)Nc1ccc(F)c(C(F)(F)F)c1)C1(c2ccc(-c3cccc(C#N)c3)cc2)CCN(C2CCCC2)CC1.N#Cc1ccc(CN2CCC(OCC(=O)Nc3cc(Cl)cc(Cl)c3)(c3ccc(-c4cccc(C#N)c4)cc3)CC2)cc1.N#Cc1cccc(CN2CCC(OCC(=O)Nc3cc(Cl)cc(Cl)c3)(c3ccc(-c4cccc(C#N)c4)cc3)CC2)c1. The van der Waals surface area contributed by atoms with Crippen LogP contribution in [0.2, 0.25) is 20.1 Å². The minimum atomic E-state index is -4.86. The Labute approximate surface area is 751 Å². The van der Waals surface area contributed by atoms with E-state index in [-0.39, 0.29) is 37.3 Å². The van der Waals surface area contributed by atoms with E-state index in [1.807, 2.05) is 145 Å². The lowest BCUT2D eigenvalue weighted by Crippen LogP contribution is -2.54. The number of carbonyl (C=O) groups excluding carboxylic acids is 3. The molecule has 15 rings (SSSR count). The van der Waals surface area contributed by atoms with Crippen molar-refractivity contribution < 1.29 is 41.4 Å². The normalized spacial score (nSPS) is 15.6. The van der Waals surface area contributed by atoms with E-state index in [2.05, 4.69) is 97.4 Å². The number of nitrogens with one attached hydrogen (secondary N) is 3. The summed E-state index contributed by atoms with van der Waals surface area (Å²) in [6.07, 6.45) is 4.41. The number of hydrogen-bond donors (Lipinski definition) is 3. The van der Waals surface area contributed by atoms with Gasteiger partial charge in [0.15, 0.2) is 0 Å². The molecule has 3 saturated heterocycles. The maximum atomic E-state index is 13.8. The van der Waals surface area contributed by atoms with Gasteiger partial charge < -0.3 is 30.3 Å². The first-order valence-corrected chi connectivity index (χ1v) is 43.0. The van der Waals surface area contributed by atoms with Crippen molar-refractivity contribution in [1.82, 2.24) is 19.6 Å². The number of alkyl halides is 3. The Morgan fingerprint density at radius 2 is 0.810 bits per heavy atom. The molecule has 1 aliphatic carbocycles. The standard InChI is InChI=1S/2C34H28Cl2N4O2.C33H34F4N4O/c35-30-17-31(36)19-32(18-30)39-33(41)23-42-34(11-13-40(14-12-34)22-26-5-1-3-24(15-26)20-37)29-9-7-27(8-10-29)28-6-2-4-25(16-28)21-38;35-30-17-31(36)19-32(18-30)39-33(41)23-42-34(12-14-40(15-13-34)22-25-6-4-24(20-37)5-7-25)29-10-8-27(9-11-29)28-3-1-2-26(16-28)21-38;1-40(22-31(42)39-27-13-14-30(34)29(20-27)33(35,36)37)32(15-17-41(18-16-32)28-7-2-3-8-28)26-11-9-24(10-12-26)25-6-4-5-23(19-25)21-38/h1-10,15-19H,11-14,22-23H2,(H,39,41);1-11,16-19H,12-15,22-23H2,(H,39,41);4-6,9-14,19-20,28H,2-3,7-8,15-18,22H2,1H3,(H,39,42). The summed E-state index contributed by atoms with van der Waals surface area (Å²) in [4.78, 5) is 48.2. The van der Waals surface area contributed by atoms with Gasteiger partial charge >= 0.3 is 6.18 Å². The molecule has 126 heavy (non-hydrogen) atoms. The maximum absolute atomic E-state index is 13.8. The first-order valence-electron chi connectivity index (χ1n) is 41.5. The number of halogens is 8. The number of rotatable bonds is 23. The highest BCUT2D eigenvalue weighted by atomic mass is 35.5. The average Bonchev–Trinajstić information content (AvgIpc) is 0.924. The molecule has 0 bridgehead atoms. The largest absolute Gasteiger partial charge is 0.419 e. The summed E-state index contributed by atoms with van der Waals surface area (Å²) in [5.41, 5.74) is 11.9. The Kier molecular flexibility index (Phi) is 30.7. The molecule has 17 nitrogen and oxygen atoms in total. The number of likely N-dealkylation sites (tertiary alicyclic amines) is 3. The monoisotopic (exact) mass is 1770 g/mol. The van der Waals surface area contributed by atoms with Crippen LogP contribution in [0, 0.1) is 62.5 Å². The number of benzene rings is 11. The van der Waals surface area contributed by atoms with Gasteiger partial charge in [0, 0.05) is 101 Å². The van der Waals surface area contributed by atoms with E-state index >= 15 is 0 Å². The topological polar surface area (TPSA) is 238 Å². The molecule has 0 radical (unpaired) electrons. The van der Waals surface area contributed by atoms with Crippen molar-refractivity contribution in [1.29, 1.82) is 26.3 Å². The van der Waals surface area contributed by atoms with Crippen LogP contribution in [0.15, 0.2) is 249 Å². The van der Waals surface area contributed by atoms with Gasteiger partial charge in [-0.25, -0.2) is 4.39 Å².